The van der Waals surface area contributed by atoms with Gasteiger partial charge in [-0.1, -0.05) is 30.3 Å². The van der Waals surface area contributed by atoms with Crippen LogP contribution in [0, 0.1) is 12.3 Å². The topological polar surface area (TPSA) is 21.7 Å². The maximum absolute atomic E-state index is 5.57. The number of ether oxygens (including phenoxy) is 2. The lowest BCUT2D eigenvalue weighted by molar-refractivity contribution is 0.208. The van der Waals surface area contributed by atoms with E-state index in [1.54, 1.807) is 14.2 Å². The lowest BCUT2D eigenvalue weighted by atomic mass is 9.87. The highest BCUT2D eigenvalue weighted by atomic mass is 16.5. The Morgan fingerprint density at radius 2 is 1.81 bits per heavy atom. The molecule has 26 heavy (non-hydrogen) atoms. The van der Waals surface area contributed by atoms with Crippen LogP contribution in [-0.2, 0) is 6.42 Å². The highest BCUT2D eigenvalue weighted by Gasteiger charge is 2.29. The molecular formula is C23H27NO2. The Labute approximate surface area is 156 Å². The van der Waals surface area contributed by atoms with Gasteiger partial charge in [0.15, 0.2) is 11.5 Å². The van der Waals surface area contributed by atoms with Gasteiger partial charge in [0.1, 0.15) is 0 Å². The molecule has 0 N–H and O–H groups in total. The zero-order valence-electron chi connectivity index (χ0n) is 15.7. The minimum atomic E-state index is 0.241. The maximum Gasteiger partial charge on any atom is 0.161 e. The number of methoxy groups -OCH3 is 2. The summed E-state index contributed by atoms with van der Waals surface area (Å²) in [6, 6.07) is 15.3. The van der Waals surface area contributed by atoms with Crippen LogP contribution in [0.2, 0.25) is 0 Å². The third-order valence-electron chi connectivity index (χ3n) is 5.11. The Hall–Kier alpha value is -2.44. The van der Waals surface area contributed by atoms with Crippen LogP contribution in [0.4, 0.5) is 0 Å². The average Bonchev–Trinajstić information content (AvgIpc) is 2.70. The molecule has 0 fully saturated rings. The van der Waals surface area contributed by atoms with Crippen molar-refractivity contribution in [1.82, 2.24) is 4.90 Å². The molecule has 2 aromatic carbocycles. The van der Waals surface area contributed by atoms with Crippen molar-refractivity contribution in [3.8, 4) is 23.8 Å². The Morgan fingerprint density at radius 1 is 1.08 bits per heavy atom. The summed E-state index contributed by atoms with van der Waals surface area (Å²) in [5.41, 5.74) is 3.98. The predicted octanol–water partition coefficient (Wildman–Crippen LogP) is 4.45. The van der Waals surface area contributed by atoms with Gasteiger partial charge in [0.25, 0.3) is 0 Å². The molecule has 2 aromatic rings. The third-order valence-corrected chi connectivity index (χ3v) is 5.11. The van der Waals surface area contributed by atoms with Gasteiger partial charge in [-0.15, -0.1) is 12.3 Å². The summed E-state index contributed by atoms with van der Waals surface area (Å²) in [7, 11) is 3.39. The fraction of sp³-hybridized carbons (Fsp3) is 0.391. The van der Waals surface area contributed by atoms with Crippen molar-refractivity contribution >= 4 is 0 Å². The van der Waals surface area contributed by atoms with Crippen molar-refractivity contribution in [1.29, 1.82) is 0 Å². The minimum Gasteiger partial charge on any atom is -0.493 e. The SMILES string of the molecule is C#CCCCCN1CCc2cc(OC)c(OC)cc2C1c1ccccc1. The first-order valence-electron chi connectivity index (χ1n) is 9.25. The van der Waals surface area contributed by atoms with Gasteiger partial charge in [-0.3, -0.25) is 4.90 Å². The quantitative estimate of drug-likeness (QED) is 0.544. The molecule has 0 radical (unpaired) electrons. The van der Waals surface area contributed by atoms with E-state index in [1.807, 2.05) is 0 Å². The molecule has 3 rings (SSSR count). The summed E-state index contributed by atoms with van der Waals surface area (Å²) in [5, 5.41) is 0. The number of nitrogens with zero attached hydrogens (tertiary/aromatic N) is 1. The lowest BCUT2D eigenvalue weighted by Crippen LogP contribution is -2.36. The van der Waals surface area contributed by atoms with Crippen molar-refractivity contribution < 1.29 is 9.47 Å². The van der Waals surface area contributed by atoms with Gasteiger partial charge in [-0.2, -0.15) is 0 Å². The van der Waals surface area contributed by atoms with Crippen LogP contribution in [-0.4, -0.2) is 32.2 Å². The number of hydrogen-bond acceptors (Lipinski definition) is 3. The first kappa shape index (κ1) is 18.4. The van der Waals surface area contributed by atoms with Crippen molar-refractivity contribution in [3.63, 3.8) is 0 Å². The maximum atomic E-state index is 5.57. The zero-order chi connectivity index (χ0) is 18.4. The molecule has 0 aliphatic carbocycles. The van der Waals surface area contributed by atoms with Crippen molar-refractivity contribution in [2.24, 2.45) is 0 Å². The second kappa shape index (κ2) is 8.78. The van der Waals surface area contributed by atoms with E-state index in [9.17, 15) is 0 Å². The molecule has 3 heteroatoms. The van der Waals surface area contributed by atoms with E-state index in [1.165, 1.54) is 16.7 Å². The van der Waals surface area contributed by atoms with Gasteiger partial charge >= 0.3 is 0 Å². The summed E-state index contributed by atoms with van der Waals surface area (Å²) in [5.74, 6) is 4.34. The molecule has 1 aliphatic rings. The monoisotopic (exact) mass is 349 g/mol. The van der Waals surface area contributed by atoms with Crippen LogP contribution < -0.4 is 9.47 Å². The molecule has 0 saturated heterocycles. The van der Waals surface area contributed by atoms with Crippen LogP contribution in [0.15, 0.2) is 42.5 Å². The molecule has 3 nitrogen and oxygen atoms in total. The summed E-state index contributed by atoms with van der Waals surface area (Å²) in [4.78, 5) is 2.57. The highest BCUT2D eigenvalue weighted by Crippen LogP contribution is 2.40. The number of unbranched alkanes of at least 4 members (excludes halogenated alkanes) is 2. The van der Waals surface area contributed by atoms with Crippen LogP contribution in [0.25, 0.3) is 0 Å². The van der Waals surface area contributed by atoms with E-state index in [4.69, 9.17) is 15.9 Å². The molecule has 1 unspecified atom stereocenters. The molecule has 0 spiro atoms. The molecule has 0 aromatic heterocycles. The third kappa shape index (κ3) is 3.86. The first-order chi connectivity index (χ1) is 12.8. The van der Waals surface area contributed by atoms with E-state index >= 15 is 0 Å². The van der Waals surface area contributed by atoms with Gasteiger partial charge in [-0.25, -0.2) is 0 Å². The molecule has 1 heterocycles. The number of benzene rings is 2. The van der Waals surface area contributed by atoms with Gasteiger partial charge in [0.2, 0.25) is 0 Å². The molecule has 0 saturated carbocycles. The lowest BCUT2D eigenvalue weighted by Gasteiger charge is -2.38. The average molecular weight is 349 g/mol. The smallest absolute Gasteiger partial charge is 0.161 e. The Kier molecular flexibility index (Phi) is 6.20. The molecule has 0 bridgehead atoms. The van der Waals surface area contributed by atoms with E-state index in [-0.39, 0.29) is 6.04 Å². The molecule has 1 aliphatic heterocycles. The second-order valence-electron chi connectivity index (χ2n) is 6.67. The summed E-state index contributed by atoms with van der Waals surface area (Å²) in [6.45, 7) is 2.09. The van der Waals surface area contributed by atoms with Gasteiger partial charge in [0, 0.05) is 13.0 Å². The van der Waals surface area contributed by atoms with Crippen LogP contribution in [0.5, 0.6) is 11.5 Å². The Morgan fingerprint density at radius 3 is 2.50 bits per heavy atom. The molecule has 1 atom stereocenters. The van der Waals surface area contributed by atoms with Crippen molar-refractivity contribution in [2.75, 3.05) is 27.3 Å². The minimum absolute atomic E-state index is 0.241. The fourth-order valence-electron chi connectivity index (χ4n) is 3.81. The molecule has 0 amide bonds. The standard InChI is InChI=1S/C23H27NO2/c1-4-5-6-10-14-24-15-13-19-16-21(25-2)22(26-3)17-20(19)23(24)18-11-8-7-9-12-18/h1,7-9,11-12,16-17,23H,5-6,10,13-15H2,2-3H3. The number of terminal acetylenes is 1. The number of fused-ring (bicyclic) bond motifs is 1. The van der Waals surface area contributed by atoms with E-state index in [0.29, 0.717) is 0 Å². The normalized spacial score (nSPS) is 16.6. The van der Waals surface area contributed by atoms with E-state index < -0.39 is 0 Å². The highest BCUT2D eigenvalue weighted by molar-refractivity contribution is 5.51. The Bertz CT molecular complexity index is 764. The van der Waals surface area contributed by atoms with Gasteiger partial charge < -0.3 is 9.47 Å². The van der Waals surface area contributed by atoms with Crippen LogP contribution in [0.1, 0.15) is 42.0 Å². The number of hydrogen-bond donors (Lipinski definition) is 0. The van der Waals surface area contributed by atoms with Gasteiger partial charge in [0.05, 0.1) is 20.3 Å². The van der Waals surface area contributed by atoms with Gasteiger partial charge in [-0.05, 0) is 54.6 Å². The van der Waals surface area contributed by atoms with E-state index in [2.05, 4.69) is 53.3 Å². The Balaban J connectivity index is 1.96. The van der Waals surface area contributed by atoms with Crippen LogP contribution in [0.3, 0.4) is 0 Å². The fourth-order valence-corrected chi connectivity index (χ4v) is 3.81. The molecule has 136 valence electrons. The zero-order valence-corrected chi connectivity index (χ0v) is 15.7. The second-order valence-corrected chi connectivity index (χ2v) is 6.67. The summed E-state index contributed by atoms with van der Waals surface area (Å²) < 4.78 is 11.1. The number of rotatable bonds is 7. The van der Waals surface area contributed by atoms with Crippen LogP contribution >= 0.6 is 0 Å². The first-order valence-corrected chi connectivity index (χ1v) is 9.25. The summed E-state index contributed by atoms with van der Waals surface area (Å²) in [6.07, 6.45) is 9.47. The van der Waals surface area contributed by atoms with Crippen molar-refractivity contribution in [2.45, 2.75) is 31.7 Å². The van der Waals surface area contributed by atoms with Crippen molar-refractivity contribution in [3.05, 3.63) is 59.2 Å². The predicted molar refractivity (Wildman–Crippen MR) is 106 cm³/mol. The largest absolute Gasteiger partial charge is 0.493 e. The summed E-state index contributed by atoms with van der Waals surface area (Å²) >= 11 is 0. The molecular weight excluding hydrogens is 322 g/mol. The van der Waals surface area contributed by atoms with E-state index in [0.717, 1.165) is 50.3 Å².